The molecule has 0 N–H and O–H groups in total. The quantitative estimate of drug-likeness (QED) is 0.653. The molecular weight excluding hydrogens is 316 g/mol. The average Bonchev–Trinajstić information content (AvgIpc) is 2.54. The molecule has 0 aliphatic rings. The van der Waals surface area contributed by atoms with Gasteiger partial charge in [0.05, 0.1) is 0 Å². The molecule has 132 valence electrons. The minimum Gasteiger partial charge on any atom is -0.488 e. The number of rotatable bonds is 8. The van der Waals surface area contributed by atoms with Crippen LogP contribution in [0.2, 0.25) is 0 Å². The second-order valence-electron chi connectivity index (χ2n) is 7.27. The number of carbonyl (C=O) groups is 2. The molecular formula is C21H24O4. The van der Waals surface area contributed by atoms with E-state index in [0.29, 0.717) is 29.0 Å². The van der Waals surface area contributed by atoms with E-state index in [9.17, 15) is 9.59 Å². The van der Waals surface area contributed by atoms with Crippen LogP contribution < -0.4 is 9.47 Å². The summed E-state index contributed by atoms with van der Waals surface area (Å²) in [5.41, 5.74) is 0.310. The van der Waals surface area contributed by atoms with E-state index in [4.69, 9.17) is 9.47 Å². The fourth-order valence-corrected chi connectivity index (χ4v) is 2.96. The molecule has 4 nitrogen and oxygen atoms in total. The highest BCUT2D eigenvalue weighted by atomic mass is 16.5. The molecule has 4 heteroatoms. The molecule has 0 amide bonds. The van der Waals surface area contributed by atoms with Crippen molar-refractivity contribution in [2.75, 3.05) is 0 Å². The zero-order chi connectivity index (χ0) is 18.5. The highest BCUT2D eigenvalue weighted by molar-refractivity contribution is 5.75. The van der Waals surface area contributed by atoms with Crippen LogP contribution >= 0.6 is 0 Å². The molecule has 0 aromatic heterocycles. The highest BCUT2D eigenvalue weighted by Gasteiger charge is 2.32. The first-order valence-electron chi connectivity index (χ1n) is 8.22. The van der Waals surface area contributed by atoms with Crippen LogP contribution in [0.5, 0.6) is 11.5 Å². The first kappa shape index (κ1) is 18.7. The third-order valence-electron chi connectivity index (χ3n) is 3.67. The van der Waals surface area contributed by atoms with Crippen molar-refractivity contribution in [1.29, 1.82) is 0 Å². The monoisotopic (exact) mass is 340 g/mol. The minimum atomic E-state index is -0.463. The lowest BCUT2D eigenvalue weighted by atomic mass is 9.92. The van der Waals surface area contributed by atoms with Gasteiger partial charge >= 0.3 is 0 Å². The van der Waals surface area contributed by atoms with E-state index < -0.39 is 11.2 Å². The Bertz CT molecular complexity index is 649. The van der Waals surface area contributed by atoms with Gasteiger partial charge in [0, 0.05) is 17.5 Å². The number of ether oxygens (including phenoxy) is 2. The predicted octanol–water partition coefficient (Wildman–Crippen LogP) is 4.72. The van der Waals surface area contributed by atoms with Gasteiger partial charge in [0.1, 0.15) is 35.3 Å². The van der Waals surface area contributed by atoms with Gasteiger partial charge in [-0.1, -0.05) is 0 Å². The summed E-state index contributed by atoms with van der Waals surface area (Å²) < 4.78 is 12.1. The molecule has 0 bridgehead atoms. The molecule has 0 unspecified atom stereocenters. The Morgan fingerprint density at radius 3 is 1.28 bits per heavy atom. The molecule has 0 saturated carbocycles. The van der Waals surface area contributed by atoms with Crippen molar-refractivity contribution >= 4 is 12.6 Å². The maximum Gasteiger partial charge on any atom is 0.150 e. The molecule has 25 heavy (non-hydrogen) atoms. The van der Waals surface area contributed by atoms with E-state index >= 15 is 0 Å². The molecule has 2 aromatic carbocycles. The number of aldehydes is 2. The van der Waals surface area contributed by atoms with E-state index in [0.717, 1.165) is 12.6 Å². The summed E-state index contributed by atoms with van der Waals surface area (Å²) in [6.45, 7) is 8.00. The smallest absolute Gasteiger partial charge is 0.150 e. The average molecular weight is 340 g/mol. The van der Waals surface area contributed by atoms with Gasteiger partial charge in [-0.25, -0.2) is 0 Å². The number of benzene rings is 2. The van der Waals surface area contributed by atoms with Crippen LogP contribution in [0.25, 0.3) is 0 Å². The van der Waals surface area contributed by atoms with Gasteiger partial charge in [-0.15, -0.1) is 0 Å². The Balaban J connectivity index is 2.02. The summed E-state index contributed by atoms with van der Waals surface area (Å²) in [5, 5.41) is 0. The topological polar surface area (TPSA) is 52.6 Å². The second kappa shape index (κ2) is 7.51. The van der Waals surface area contributed by atoms with Gasteiger partial charge in [-0.3, -0.25) is 9.59 Å². The molecule has 0 fully saturated rings. The first-order valence-corrected chi connectivity index (χ1v) is 8.22. The largest absolute Gasteiger partial charge is 0.488 e. The molecule has 0 aliphatic carbocycles. The van der Waals surface area contributed by atoms with Gasteiger partial charge in [0.15, 0.2) is 0 Å². The highest BCUT2D eigenvalue weighted by Crippen LogP contribution is 2.30. The maximum atomic E-state index is 10.7. The van der Waals surface area contributed by atoms with Gasteiger partial charge < -0.3 is 9.47 Å². The van der Waals surface area contributed by atoms with Crippen molar-refractivity contribution in [2.45, 2.75) is 45.3 Å². The number of hydrogen-bond acceptors (Lipinski definition) is 4. The third kappa shape index (κ3) is 5.75. The van der Waals surface area contributed by atoms with E-state index in [2.05, 4.69) is 0 Å². The summed E-state index contributed by atoms with van der Waals surface area (Å²) in [6.07, 6.45) is 2.26. The second-order valence-corrected chi connectivity index (χ2v) is 7.27. The van der Waals surface area contributed by atoms with Gasteiger partial charge in [0.2, 0.25) is 0 Å². The standard InChI is InChI=1S/C21H24O4/c1-20(2,24-18-9-5-16(13-22)6-10-18)15-21(3,4)25-19-11-7-17(14-23)8-12-19/h5-14H,15H2,1-4H3. The maximum absolute atomic E-state index is 10.7. The van der Waals surface area contributed by atoms with Crippen LogP contribution in [0, 0.1) is 0 Å². The Morgan fingerprint density at radius 2 is 1.00 bits per heavy atom. The van der Waals surface area contributed by atoms with Crippen LogP contribution in [0.1, 0.15) is 54.8 Å². The molecule has 2 rings (SSSR count). The van der Waals surface area contributed by atoms with Crippen molar-refractivity contribution in [1.82, 2.24) is 0 Å². The van der Waals surface area contributed by atoms with Crippen LogP contribution in [-0.2, 0) is 0 Å². The SMILES string of the molecule is CC(C)(CC(C)(C)Oc1ccc(C=O)cc1)Oc1ccc(C=O)cc1. The zero-order valence-electron chi connectivity index (χ0n) is 15.1. The molecule has 0 heterocycles. The first-order chi connectivity index (χ1) is 11.7. The van der Waals surface area contributed by atoms with E-state index in [-0.39, 0.29) is 0 Å². The van der Waals surface area contributed by atoms with Gasteiger partial charge in [0.25, 0.3) is 0 Å². The van der Waals surface area contributed by atoms with Crippen molar-refractivity contribution in [2.24, 2.45) is 0 Å². The Morgan fingerprint density at radius 1 is 0.680 bits per heavy atom. The molecule has 0 spiro atoms. The summed E-state index contributed by atoms with van der Waals surface area (Å²) >= 11 is 0. The zero-order valence-corrected chi connectivity index (χ0v) is 15.1. The van der Waals surface area contributed by atoms with E-state index in [1.54, 1.807) is 48.5 Å². The van der Waals surface area contributed by atoms with Gasteiger partial charge in [-0.2, -0.15) is 0 Å². The molecule has 2 aromatic rings. The van der Waals surface area contributed by atoms with Crippen molar-refractivity contribution in [3.05, 3.63) is 59.7 Å². The lowest BCUT2D eigenvalue weighted by Crippen LogP contribution is -2.41. The molecule has 0 atom stereocenters. The van der Waals surface area contributed by atoms with Crippen LogP contribution in [-0.4, -0.2) is 23.8 Å². The lowest BCUT2D eigenvalue weighted by molar-refractivity contribution is 0.00505. The van der Waals surface area contributed by atoms with Crippen LogP contribution in [0.4, 0.5) is 0 Å². The third-order valence-corrected chi connectivity index (χ3v) is 3.67. The minimum absolute atomic E-state index is 0.463. The predicted molar refractivity (Wildman–Crippen MR) is 97.7 cm³/mol. The van der Waals surface area contributed by atoms with Crippen LogP contribution in [0.15, 0.2) is 48.5 Å². The van der Waals surface area contributed by atoms with Crippen molar-refractivity contribution in [3.63, 3.8) is 0 Å². The summed E-state index contributed by atoms with van der Waals surface area (Å²) in [5.74, 6) is 1.42. The van der Waals surface area contributed by atoms with Gasteiger partial charge in [-0.05, 0) is 76.2 Å². The fourth-order valence-electron chi connectivity index (χ4n) is 2.96. The summed E-state index contributed by atoms with van der Waals surface area (Å²) in [4.78, 5) is 21.5. The molecule has 0 saturated heterocycles. The number of carbonyl (C=O) groups excluding carboxylic acids is 2. The normalized spacial score (nSPS) is 11.7. The van der Waals surface area contributed by atoms with Crippen LogP contribution in [0.3, 0.4) is 0 Å². The van der Waals surface area contributed by atoms with Crippen molar-refractivity contribution in [3.8, 4) is 11.5 Å². The summed E-state index contributed by atoms with van der Waals surface area (Å²) in [6, 6.07) is 14.1. The van der Waals surface area contributed by atoms with E-state index in [1.165, 1.54) is 0 Å². The Labute approximate surface area is 148 Å². The number of hydrogen-bond donors (Lipinski definition) is 0. The van der Waals surface area contributed by atoms with Crippen molar-refractivity contribution < 1.29 is 19.1 Å². The molecule has 0 aliphatic heterocycles. The Kier molecular flexibility index (Phi) is 5.62. The summed E-state index contributed by atoms with van der Waals surface area (Å²) in [7, 11) is 0. The van der Waals surface area contributed by atoms with E-state index in [1.807, 2.05) is 27.7 Å². The fraction of sp³-hybridized carbons (Fsp3) is 0.333. The Hall–Kier alpha value is -2.62. The lowest BCUT2D eigenvalue weighted by Gasteiger charge is -2.35. The molecule has 0 radical (unpaired) electrons.